The molecule has 4 nitrogen and oxygen atoms in total. The Hall–Kier alpha value is -1.73. The standard InChI is InChI=1S/C17H24N2O2/c1-13(2)19-17(12-18)10-6-7-14(11-17)21-16-9-5-4-8-15(16)20-3/h4-5,8-9,13-14,19H,6-7,10-11H2,1-3H3. The number of methoxy groups -OCH3 is 1. The molecule has 2 unspecified atom stereocenters. The third-order valence-electron chi connectivity index (χ3n) is 3.85. The van der Waals surface area contributed by atoms with Crippen molar-refractivity contribution < 1.29 is 9.47 Å². The van der Waals surface area contributed by atoms with Gasteiger partial charge in [-0.1, -0.05) is 12.1 Å². The van der Waals surface area contributed by atoms with Gasteiger partial charge in [-0.3, -0.25) is 5.32 Å². The Morgan fingerprint density at radius 3 is 2.67 bits per heavy atom. The first-order valence-electron chi connectivity index (χ1n) is 7.57. The quantitative estimate of drug-likeness (QED) is 0.903. The van der Waals surface area contributed by atoms with Gasteiger partial charge < -0.3 is 9.47 Å². The van der Waals surface area contributed by atoms with Crippen LogP contribution in [0.25, 0.3) is 0 Å². The minimum atomic E-state index is -0.473. The van der Waals surface area contributed by atoms with Gasteiger partial charge in [-0.2, -0.15) is 5.26 Å². The first kappa shape index (κ1) is 15.7. The zero-order chi connectivity index (χ0) is 15.3. The van der Waals surface area contributed by atoms with Gasteiger partial charge >= 0.3 is 0 Å². The SMILES string of the molecule is COc1ccccc1OC1CCCC(C#N)(NC(C)C)C1. The summed E-state index contributed by atoms with van der Waals surface area (Å²) in [6, 6.07) is 10.4. The number of nitriles is 1. The highest BCUT2D eigenvalue weighted by molar-refractivity contribution is 5.39. The summed E-state index contributed by atoms with van der Waals surface area (Å²) in [5, 5.41) is 13.0. The van der Waals surface area contributed by atoms with Crippen LogP contribution in [-0.2, 0) is 0 Å². The Morgan fingerprint density at radius 1 is 1.33 bits per heavy atom. The van der Waals surface area contributed by atoms with Crippen LogP contribution in [0.5, 0.6) is 11.5 Å². The average molecular weight is 288 g/mol. The van der Waals surface area contributed by atoms with E-state index in [9.17, 15) is 5.26 Å². The van der Waals surface area contributed by atoms with Gasteiger partial charge in [0.2, 0.25) is 0 Å². The molecule has 0 bridgehead atoms. The fourth-order valence-electron chi connectivity index (χ4n) is 3.04. The average Bonchev–Trinajstić information content (AvgIpc) is 2.47. The van der Waals surface area contributed by atoms with E-state index in [2.05, 4.69) is 25.2 Å². The van der Waals surface area contributed by atoms with Crippen molar-refractivity contribution in [1.29, 1.82) is 5.26 Å². The molecule has 21 heavy (non-hydrogen) atoms. The second-order valence-electron chi connectivity index (χ2n) is 5.98. The number of para-hydroxylation sites is 2. The summed E-state index contributed by atoms with van der Waals surface area (Å²) in [5.41, 5.74) is -0.473. The van der Waals surface area contributed by atoms with Crippen LogP contribution in [0.2, 0.25) is 0 Å². The number of rotatable bonds is 5. The molecule has 2 rings (SSSR count). The molecule has 4 heteroatoms. The van der Waals surface area contributed by atoms with E-state index >= 15 is 0 Å². The van der Waals surface area contributed by atoms with Crippen molar-refractivity contribution in [2.24, 2.45) is 0 Å². The topological polar surface area (TPSA) is 54.3 Å². The molecule has 1 saturated carbocycles. The van der Waals surface area contributed by atoms with Gasteiger partial charge in [0.05, 0.1) is 13.2 Å². The highest BCUT2D eigenvalue weighted by atomic mass is 16.5. The van der Waals surface area contributed by atoms with Crippen LogP contribution in [0.1, 0.15) is 39.5 Å². The summed E-state index contributed by atoms with van der Waals surface area (Å²) < 4.78 is 11.4. The van der Waals surface area contributed by atoms with Gasteiger partial charge in [0.25, 0.3) is 0 Å². The lowest BCUT2D eigenvalue weighted by molar-refractivity contribution is 0.106. The Labute approximate surface area is 127 Å². The minimum absolute atomic E-state index is 0.0425. The van der Waals surface area contributed by atoms with Crippen molar-refractivity contribution in [2.45, 2.75) is 57.2 Å². The number of hydrogen-bond acceptors (Lipinski definition) is 4. The maximum atomic E-state index is 9.58. The lowest BCUT2D eigenvalue weighted by Gasteiger charge is -2.37. The van der Waals surface area contributed by atoms with Crippen LogP contribution in [0, 0.1) is 11.3 Å². The summed E-state index contributed by atoms with van der Waals surface area (Å²) >= 11 is 0. The number of ether oxygens (including phenoxy) is 2. The molecule has 0 heterocycles. The molecule has 0 spiro atoms. The zero-order valence-electron chi connectivity index (χ0n) is 13.1. The van der Waals surface area contributed by atoms with E-state index in [0.29, 0.717) is 6.42 Å². The van der Waals surface area contributed by atoms with E-state index in [1.54, 1.807) is 7.11 Å². The van der Waals surface area contributed by atoms with E-state index in [-0.39, 0.29) is 12.1 Å². The van der Waals surface area contributed by atoms with Gasteiger partial charge in [-0.05, 0) is 45.2 Å². The number of nitrogens with zero attached hydrogens (tertiary/aromatic N) is 1. The summed E-state index contributed by atoms with van der Waals surface area (Å²) in [7, 11) is 1.64. The predicted molar refractivity (Wildman–Crippen MR) is 82.5 cm³/mol. The van der Waals surface area contributed by atoms with E-state index in [1.807, 2.05) is 24.3 Å². The van der Waals surface area contributed by atoms with Crippen LogP contribution in [-0.4, -0.2) is 24.8 Å². The third-order valence-corrected chi connectivity index (χ3v) is 3.85. The molecule has 2 atom stereocenters. The van der Waals surface area contributed by atoms with Crippen LogP contribution in [0.3, 0.4) is 0 Å². The van der Waals surface area contributed by atoms with Crippen molar-refractivity contribution in [3.8, 4) is 17.6 Å². The zero-order valence-corrected chi connectivity index (χ0v) is 13.1. The molecule has 1 aliphatic rings. The molecule has 1 N–H and O–H groups in total. The van der Waals surface area contributed by atoms with Crippen LogP contribution in [0.15, 0.2) is 24.3 Å². The largest absolute Gasteiger partial charge is 0.493 e. The fourth-order valence-corrected chi connectivity index (χ4v) is 3.04. The molecule has 114 valence electrons. The van der Waals surface area contributed by atoms with E-state index in [1.165, 1.54) is 0 Å². The molecule has 0 radical (unpaired) electrons. The summed E-state index contributed by atoms with van der Waals surface area (Å²) in [5.74, 6) is 1.49. The van der Waals surface area contributed by atoms with Crippen LogP contribution >= 0.6 is 0 Å². The van der Waals surface area contributed by atoms with Crippen molar-refractivity contribution in [2.75, 3.05) is 7.11 Å². The van der Waals surface area contributed by atoms with E-state index in [0.717, 1.165) is 30.8 Å². The van der Waals surface area contributed by atoms with Crippen molar-refractivity contribution in [3.63, 3.8) is 0 Å². The van der Waals surface area contributed by atoms with Crippen molar-refractivity contribution in [3.05, 3.63) is 24.3 Å². The monoisotopic (exact) mass is 288 g/mol. The first-order chi connectivity index (χ1) is 10.1. The molecule has 0 saturated heterocycles. The summed E-state index contributed by atoms with van der Waals surface area (Å²) in [6.45, 7) is 4.15. The second kappa shape index (κ2) is 6.82. The summed E-state index contributed by atoms with van der Waals surface area (Å²) in [6.07, 6.45) is 3.60. The smallest absolute Gasteiger partial charge is 0.161 e. The van der Waals surface area contributed by atoms with Crippen molar-refractivity contribution in [1.82, 2.24) is 5.32 Å². The van der Waals surface area contributed by atoms with E-state index < -0.39 is 5.54 Å². The number of benzene rings is 1. The Balaban J connectivity index is 2.09. The third kappa shape index (κ3) is 3.89. The molecular formula is C17H24N2O2. The minimum Gasteiger partial charge on any atom is -0.493 e. The highest BCUT2D eigenvalue weighted by Gasteiger charge is 2.38. The molecule has 0 amide bonds. The molecule has 0 aliphatic heterocycles. The second-order valence-corrected chi connectivity index (χ2v) is 5.98. The maximum absolute atomic E-state index is 9.58. The van der Waals surface area contributed by atoms with Crippen molar-refractivity contribution >= 4 is 0 Å². The number of hydrogen-bond donors (Lipinski definition) is 1. The van der Waals surface area contributed by atoms with Gasteiger partial charge in [0.15, 0.2) is 11.5 Å². The molecule has 1 aliphatic carbocycles. The predicted octanol–water partition coefficient (Wildman–Crippen LogP) is 3.28. The molecule has 0 aromatic heterocycles. The first-order valence-corrected chi connectivity index (χ1v) is 7.57. The Morgan fingerprint density at radius 2 is 2.05 bits per heavy atom. The molecule has 1 fully saturated rings. The lowest BCUT2D eigenvalue weighted by atomic mass is 9.80. The van der Waals surface area contributed by atoms with Crippen LogP contribution < -0.4 is 14.8 Å². The van der Waals surface area contributed by atoms with Gasteiger partial charge in [-0.15, -0.1) is 0 Å². The van der Waals surface area contributed by atoms with Gasteiger partial charge in [0.1, 0.15) is 11.6 Å². The Kier molecular flexibility index (Phi) is 5.08. The normalized spacial score (nSPS) is 25.4. The number of nitrogens with one attached hydrogen (secondary N) is 1. The van der Waals surface area contributed by atoms with Crippen LogP contribution in [0.4, 0.5) is 0 Å². The fraction of sp³-hybridized carbons (Fsp3) is 0.588. The van der Waals surface area contributed by atoms with E-state index in [4.69, 9.17) is 9.47 Å². The summed E-state index contributed by atoms with van der Waals surface area (Å²) in [4.78, 5) is 0. The molecular weight excluding hydrogens is 264 g/mol. The molecule has 1 aromatic carbocycles. The lowest BCUT2D eigenvalue weighted by Crippen LogP contribution is -2.52. The molecule has 1 aromatic rings. The van der Waals surface area contributed by atoms with Gasteiger partial charge in [-0.25, -0.2) is 0 Å². The van der Waals surface area contributed by atoms with Gasteiger partial charge in [0, 0.05) is 12.5 Å². The Bertz CT molecular complexity index is 510. The highest BCUT2D eigenvalue weighted by Crippen LogP contribution is 2.34. The maximum Gasteiger partial charge on any atom is 0.161 e.